The number of carbonyl (C=O) groups is 2. The molecular weight excluding hydrogens is 366 g/mol. The first-order valence-corrected chi connectivity index (χ1v) is 11.1. The fourth-order valence-electron chi connectivity index (χ4n) is 5.34. The molecule has 0 aromatic carbocycles. The number of carbonyl (C=O) groups excluding carboxylic acids is 2. The topological polar surface area (TPSA) is 72.5 Å². The van der Waals surface area contributed by atoms with Crippen LogP contribution in [-0.4, -0.2) is 82.5 Å². The highest BCUT2D eigenvalue weighted by Gasteiger charge is 2.44. The number of nitrogens with zero attached hydrogens (tertiary/aromatic N) is 4. The van der Waals surface area contributed by atoms with Crippen molar-refractivity contribution >= 4 is 11.8 Å². The molecular formula is C22H35N5O2. The van der Waals surface area contributed by atoms with Crippen LogP contribution < -0.4 is 0 Å². The van der Waals surface area contributed by atoms with Gasteiger partial charge in [-0.1, -0.05) is 0 Å². The van der Waals surface area contributed by atoms with Crippen molar-refractivity contribution in [1.82, 2.24) is 24.9 Å². The lowest BCUT2D eigenvalue weighted by Gasteiger charge is -2.49. The van der Waals surface area contributed by atoms with E-state index in [1.807, 2.05) is 11.8 Å². The van der Waals surface area contributed by atoms with E-state index in [1.54, 1.807) is 0 Å². The van der Waals surface area contributed by atoms with Crippen LogP contribution in [0.1, 0.15) is 55.5 Å². The molecule has 29 heavy (non-hydrogen) atoms. The molecule has 7 nitrogen and oxygen atoms in total. The average molecular weight is 402 g/mol. The predicted octanol–water partition coefficient (Wildman–Crippen LogP) is 1.89. The Morgan fingerprint density at radius 3 is 2.59 bits per heavy atom. The average Bonchev–Trinajstić information content (AvgIpc) is 3.29. The lowest BCUT2D eigenvalue weighted by atomic mass is 9.72. The van der Waals surface area contributed by atoms with Crippen LogP contribution in [0.4, 0.5) is 0 Å². The van der Waals surface area contributed by atoms with Gasteiger partial charge in [-0.25, -0.2) is 0 Å². The largest absolute Gasteiger partial charge is 0.343 e. The summed E-state index contributed by atoms with van der Waals surface area (Å²) in [7, 11) is 2.14. The van der Waals surface area contributed by atoms with Gasteiger partial charge in [0.25, 0.3) is 0 Å². The number of piperidine rings is 2. The molecule has 0 aliphatic carbocycles. The second kappa shape index (κ2) is 8.09. The van der Waals surface area contributed by atoms with E-state index in [0.717, 1.165) is 69.8 Å². The normalized spacial score (nSPS) is 25.2. The molecule has 2 amide bonds. The molecule has 3 saturated heterocycles. The molecule has 0 bridgehead atoms. The van der Waals surface area contributed by atoms with Crippen LogP contribution >= 0.6 is 0 Å². The van der Waals surface area contributed by atoms with Crippen LogP contribution in [0.2, 0.25) is 0 Å². The second-order valence-corrected chi connectivity index (χ2v) is 9.53. The standard InChI is InChI=1S/C22H35N5O2/c1-16-17(2)23-24-19(16)4-5-20(28)26-12-9-22(10-13-26)8-6-21(29)27(15-22)18-7-11-25(3)14-18/h18H,4-15H2,1-3H3,(H,23,24)/t18-/m1/s1. The highest BCUT2D eigenvalue weighted by Crippen LogP contribution is 2.41. The zero-order chi connectivity index (χ0) is 20.6. The van der Waals surface area contributed by atoms with E-state index in [1.165, 1.54) is 5.56 Å². The fourth-order valence-corrected chi connectivity index (χ4v) is 5.34. The molecule has 3 fully saturated rings. The summed E-state index contributed by atoms with van der Waals surface area (Å²) >= 11 is 0. The van der Waals surface area contributed by atoms with Crippen LogP contribution in [0.25, 0.3) is 0 Å². The minimum Gasteiger partial charge on any atom is -0.343 e. The van der Waals surface area contributed by atoms with E-state index in [-0.39, 0.29) is 11.3 Å². The summed E-state index contributed by atoms with van der Waals surface area (Å²) in [4.78, 5) is 31.8. The molecule has 3 aliphatic rings. The van der Waals surface area contributed by atoms with Gasteiger partial charge in [0.1, 0.15) is 0 Å². The molecule has 1 N–H and O–H groups in total. The van der Waals surface area contributed by atoms with Crippen LogP contribution in [0.5, 0.6) is 0 Å². The molecule has 160 valence electrons. The van der Waals surface area contributed by atoms with Gasteiger partial charge in [-0.3, -0.25) is 14.7 Å². The number of likely N-dealkylation sites (tertiary alicyclic amines) is 3. The van der Waals surface area contributed by atoms with Gasteiger partial charge < -0.3 is 14.7 Å². The molecule has 1 aromatic rings. The van der Waals surface area contributed by atoms with Crippen molar-refractivity contribution < 1.29 is 9.59 Å². The maximum atomic E-state index is 12.7. The number of rotatable bonds is 4. The Balaban J connectivity index is 1.30. The minimum atomic E-state index is 0.210. The third-order valence-electron chi connectivity index (χ3n) is 7.61. The molecule has 1 spiro atoms. The van der Waals surface area contributed by atoms with Gasteiger partial charge in [-0.05, 0) is 64.1 Å². The van der Waals surface area contributed by atoms with E-state index >= 15 is 0 Å². The molecule has 7 heteroatoms. The van der Waals surface area contributed by atoms with Crippen LogP contribution in [-0.2, 0) is 16.0 Å². The summed E-state index contributed by atoms with van der Waals surface area (Å²) in [6.45, 7) is 8.68. The Hall–Kier alpha value is -1.89. The maximum absolute atomic E-state index is 12.7. The van der Waals surface area contributed by atoms with Gasteiger partial charge >= 0.3 is 0 Å². The van der Waals surface area contributed by atoms with Gasteiger partial charge in [0.15, 0.2) is 0 Å². The van der Waals surface area contributed by atoms with Crippen molar-refractivity contribution in [2.45, 2.75) is 64.8 Å². The number of hydrogen-bond donors (Lipinski definition) is 1. The van der Waals surface area contributed by atoms with Crippen molar-refractivity contribution in [1.29, 1.82) is 0 Å². The van der Waals surface area contributed by atoms with Gasteiger partial charge in [-0.15, -0.1) is 0 Å². The van der Waals surface area contributed by atoms with E-state index < -0.39 is 0 Å². The van der Waals surface area contributed by atoms with E-state index in [2.05, 4.69) is 34.0 Å². The third kappa shape index (κ3) is 4.20. The molecule has 1 atom stereocenters. The molecule has 4 rings (SSSR count). The number of hydrogen-bond acceptors (Lipinski definition) is 4. The van der Waals surface area contributed by atoms with Crippen LogP contribution in [0.3, 0.4) is 0 Å². The van der Waals surface area contributed by atoms with Crippen molar-refractivity contribution in [3.8, 4) is 0 Å². The first-order chi connectivity index (χ1) is 13.9. The first kappa shape index (κ1) is 20.4. The number of aryl methyl sites for hydroxylation is 2. The van der Waals surface area contributed by atoms with Crippen molar-refractivity contribution in [2.75, 3.05) is 39.8 Å². The zero-order valence-electron chi connectivity index (χ0n) is 18.2. The minimum absolute atomic E-state index is 0.210. The number of aromatic amines is 1. The number of likely N-dealkylation sites (N-methyl/N-ethyl adjacent to an activating group) is 1. The van der Waals surface area contributed by atoms with Gasteiger partial charge in [0, 0.05) is 57.2 Å². The second-order valence-electron chi connectivity index (χ2n) is 9.53. The fraction of sp³-hybridized carbons (Fsp3) is 0.773. The van der Waals surface area contributed by atoms with Gasteiger partial charge in [0.05, 0.1) is 5.69 Å². The number of nitrogens with one attached hydrogen (secondary N) is 1. The summed E-state index contributed by atoms with van der Waals surface area (Å²) in [5.41, 5.74) is 3.46. The maximum Gasteiger partial charge on any atom is 0.222 e. The Morgan fingerprint density at radius 1 is 1.21 bits per heavy atom. The Labute approximate surface area is 173 Å². The summed E-state index contributed by atoms with van der Waals surface area (Å²) in [5, 5.41) is 7.32. The quantitative estimate of drug-likeness (QED) is 0.836. The molecule has 0 unspecified atom stereocenters. The number of H-pyrrole nitrogens is 1. The lowest BCUT2D eigenvalue weighted by Crippen LogP contribution is -2.55. The number of aromatic nitrogens is 2. The molecule has 3 aliphatic heterocycles. The van der Waals surface area contributed by atoms with Crippen molar-refractivity contribution in [3.05, 3.63) is 17.0 Å². The van der Waals surface area contributed by atoms with Gasteiger partial charge in [-0.2, -0.15) is 5.10 Å². The van der Waals surface area contributed by atoms with E-state index in [4.69, 9.17) is 0 Å². The van der Waals surface area contributed by atoms with Crippen molar-refractivity contribution in [3.63, 3.8) is 0 Å². The van der Waals surface area contributed by atoms with Crippen LogP contribution in [0, 0.1) is 19.3 Å². The Bertz CT molecular complexity index is 765. The molecule has 0 saturated carbocycles. The Morgan fingerprint density at radius 2 is 1.97 bits per heavy atom. The van der Waals surface area contributed by atoms with E-state index in [0.29, 0.717) is 31.2 Å². The van der Waals surface area contributed by atoms with Crippen molar-refractivity contribution in [2.24, 2.45) is 5.41 Å². The SMILES string of the molecule is Cc1[nH]nc(CCC(=O)N2CCC3(CCC(=O)N([C@@H]4CCN(C)C4)C3)CC2)c1C. The lowest BCUT2D eigenvalue weighted by molar-refractivity contribution is -0.144. The molecule has 0 radical (unpaired) electrons. The monoisotopic (exact) mass is 401 g/mol. The summed E-state index contributed by atoms with van der Waals surface area (Å²) in [6.07, 6.45) is 6.02. The molecule has 1 aromatic heterocycles. The summed E-state index contributed by atoms with van der Waals surface area (Å²) in [5.74, 6) is 0.570. The zero-order valence-corrected chi connectivity index (χ0v) is 18.2. The smallest absolute Gasteiger partial charge is 0.222 e. The van der Waals surface area contributed by atoms with Crippen LogP contribution in [0.15, 0.2) is 0 Å². The third-order valence-corrected chi connectivity index (χ3v) is 7.61. The first-order valence-electron chi connectivity index (χ1n) is 11.1. The summed E-state index contributed by atoms with van der Waals surface area (Å²) < 4.78 is 0. The van der Waals surface area contributed by atoms with Gasteiger partial charge in [0.2, 0.25) is 11.8 Å². The summed E-state index contributed by atoms with van der Waals surface area (Å²) in [6, 6.07) is 0.380. The van der Waals surface area contributed by atoms with E-state index in [9.17, 15) is 9.59 Å². The highest BCUT2D eigenvalue weighted by molar-refractivity contribution is 5.78. The molecule has 4 heterocycles. The predicted molar refractivity (Wildman–Crippen MR) is 111 cm³/mol. The highest BCUT2D eigenvalue weighted by atomic mass is 16.2. The number of amides is 2. The Kier molecular flexibility index (Phi) is 5.69.